The highest BCUT2D eigenvalue weighted by Crippen LogP contribution is 2.68. The van der Waals surface area contributed by atoms with Crippen molar-refractivity contribution in [3.8, 4) is 0 Å². The Morgan fingerprint density at radius 2 is 2.00 bits per heavy atom. The molecule has 4 heteroatoms. The maximum atomic E-state index is 11.6. The van der Waals surface area contributed by atoms with Gasteiger partial charge in [0.1, 0.15) is 6.23 Å². The third-order valence-electron chi connectivity index (χ3n) is 8.46. The van der Waals surface area contributed by atoms with Gasteiger partial charge >= 0.3 is 0 Å². The molecule has 1 saturated carbocycles. The zero-order valence-corrected chi connectivity index (χ0v) is 14.3. The van der Waals surface area contributed by atoms with Gasteiger partial charge in [-0.25, -0.2) is 0 Å². The summed E-state index contributed by atoms with van der Waals surface area (Å²) in [7, 11) is 2.19. The molecule has 1 spiro atoms. The minimum atomic E-state index is -0.319. The summed E-state index contributed by atoms with van der Waals surface area (Å²) < 4.78 is 0. The van der Waals surface area contributed by atoms with Crippen LogP contribution in [0.4, 0.5) is 5.69 Å². The summed E-state index contributed by atoms with van der Waals surface area (Å²) in [6.07, 6.45) is 2.56. The molecule has 0 aromatic heterocycles. The molecule has 5 aliphatic heterocycles. The first-order chi connectivity index (χ1) is 11.6. The lowest BCUT2D eigenvalue weighted by molar-refractivity contribution is -0.211. The van der Waals surface area contributed by atoms with Crippen molar-refractivity contribution >= 4 is 5.69 Å². The molecule has 1 aromatic carbocycles. The van der Waals surface area contributed by atoms with E-state index in [0.29, 0.717) is 35.9 Å². The number of likely N-dealkylation sites (N-methyl/N-ethyl adjacent to an activating group) is 1. The zero-order chi connectivity index (χ0) is 16.4. The highest BCUT2D eigenvalue weighted by Gasteiger charge is 2.76. The third-order valence-corrected chi connectivity index (χ3v) is 8.46. The Bertz CT molecular complexity index is 723. The lowest BCUT2D eigenvalue weighted by Crippen LogP contribution is -2.72. The number of para-hydroxylation sites is 1. The van der Waals surface area contributed by atoms with Crippen molar-refractivity contribution in [2.45, 2.75) is 62.1 Å². The first kappa shape index (κ1) is 14.1. The van der Waals surface area contributed by atoms with E-state index < -0.39 is 0 Å². The molecule has 24 heavy (non-hydrogen) atoms. The number of nitrogens with zero attached hydrogens (tertiary/aromatic N) is 2. The van der Waals surface area contributed by atoms with E-state index in [4.69, 9.17) is 0 Å². The van der Waals surface area contributed by atoms with E-state index in [0.717, 1.165) is 19.3 Å². The lowest BCUT2D eigenvalue weighted by Gasteiger charge is -2.62. The Hall–Kier alpha value is -1.10. The fourth-order valence-corrected chi connectivity index (χ4v) is 7.88. The Morgan fingerprint density at radius 3 is 2.79 bits per heavy atom. The van der Waals surface area contributed by atoms with E-state index >= 15 is 0 Å². The van der Waals surface area contributed by atoms with Gasteiger partial charge in [0, 0.05) is 42.1 Å². The molecule has 6 aliphatic rings. The first-order valence-electron chi connectivity index (χ1n) is 9.57. The summed E-state index contributed by atoms with van der Waals surface area (Å²) in [6, 6.07) is 9.70. The number of aliphatic hydroxyl groups excluding tert-OH is 2. The maximum absolute atomic E-state index is 11.6. The van der Waals surface area contributed by atoms with Crippen LogP contribution >= 0.6 is 0 Å². The Labute approximate surface area is 143 Å². The van der Waals surface area contributed by atoms with Crippen molar-refractivity contribution < 1.29 is 10.2 Å². The molecule has 5 fully saturated rings. The SMILES string of the molecule is CC[C@H]1[C@@H]2CC3[C@@H]4N(C)c5ccccc5[C@]45C[C@@H]([C@@H]2C5O)N3[C@@H]1O. The summed E-state index contributed by atoms with van der Waals surface area (Å²) in [5, 5.41) is 22.6. The van der Waals surface area contributed by atoms with Crippen molar-refractivity contribution in [3.05, 3.63) is 29.8 Å². The van der Waals surface area contributed by atoms with Crippen LogP contribution < -0.4 is 4.90 Å². The van der Waals surface area contributed by atoms with Crippen LogP contribution in [0.2, 0.25) is 0 Å². The van der Waals surface area contributed by atoms with Crippen LogP contribution in [-0.4, -0.2) is 52.6 Å². The smallest absolute Gasteiger partial charge is 0.111 e. The van der Waals surface area contributed by atoms with Crippen LogP contribution in [0.3, 0.4) is 0 Å². The van der Waals surface area contributed by atoms with Crippen LogP contribution in [-0.2, 0) is 5.41 Å². The van der Waals surface area contributed by atoms with Gasteiger partial charge in [0.2, 0.25) is 0 Å². The quantitative estimate of drug-likeness (QED) is 0.822. The fraction of sp³-hybridized carbons (Fsp3) is 0.700. The highest BCUT2D eigenvalue weighted by molar-refractivity contribution is 5.67. The number of hydrogen-bond acceptors (Lipinski definition) is 4. The van der Waals surface area contributed by atoms with Gasteiger partial charge in [0.05, 0.1) is 12.1 Å². The number of piperidine rings is 4. The molecule has 2 N–H and O–H groups in total. The zero-order valence-electron chi connectivity index (χ0n) is 14.3. The van der Waals surface area contributed by atoms with Crippen molar-refractivity contribution in [1.82, 2.24) is 4.90 Å². The summed E-state index contributed by atoms with van der Waals surface area (Å²) in [5.74, 6) is 1.14. The van der Waals surface area contributed by atoms with Crippen molar-refractivity contribution in [3.63, 3.8) is 0 Å². The van der Waals surface area contributed by atoms with Crippen LogP contribution in [0.15, 0.2) is 24.3 Å². The largest absolute Gasteiger partial charge is 0.392 e. The second kappa shape index (κ2) is 4.17. The minimum absolute atomic E-state index is 0.126. The molecule has 4 nitrogen and oxygen atoms in total. The molecule has 5 bridgehead atoms. The topological polar surface area (TPSA) is 46.9 Å². The summed E-state index contributed by atoms with van der Waals surface area (Å²) in [6.45, 7) is 2.19. The summed E-state index contributed by atoms with van der Waals surface area (Å²) in [4.78, 5) is 4.83. The molecule has 128 valence electrons. The van der Waals surface area contributed by atoms with Gasteiger partial charge in [-0.2, -0.15) is 0 Å². The maximum Gasteiger partial charge on any atom is 0.111 e. The van der Waals surface area contributed by atoms with Crippen molar-refractivity contribution in [2.75, 3.05) is 11.9 Å². The Balaban J connectivity index is 1.60. The van der Waals surface area contributed by atoms with Gasteiger partial charge in [0.15, 0.2) is 0 Å². The van der Waals surface area contributed by atoms with E-state index in [1.807, 2.05) is 0 Å². The van der Waals surface area contributed by atoms with Crippen molar-refractivity contribution in [1.29, 1.82) is 0 Å². The molecular weight excluding hydrogens is 300 g/mol. The third kappa shape index (κ3) is 1.20. The number of rotatable bonds is 1. The second-order valence-corrected chi connectivity index (χ2v) is 8.81. The van der Waals surface area contributed by atoms with Gasteiger partial charge in [-0.1, -0.05) is 25.1 Å². The van der Waals surface area contributed by atoms with Crippen LogP contribution in [0.1, 0.15) is 31.7 Å². The number of benzene rings is 1. The van der Waals surface area contributed by atoms with E-state index in [2.05, 4.69) is 48.0 Å². The monoisotopic (exact) mass is 326 g/mol. The lowest BCUT2D eigenvalue weighted by atomic mass is 9.62. The Kier molecular flexibility index (Phi) is 2.45. The minimum Gasteiger partial charge on any atom is -0.392 e. The molecule has 10 atom stereocenters. The normalized spacial score (nSPS) is 55.8. The molecule has 7 rings (SSSR count). The van der Waals surface area contributed by atoms with Gasteiger partial charge in [-0.15, -0.1) is 0 Å². The van der Waals surface area contributed by atoms with Crippen LogP contribution in [0.25, 0.3) is 0 Å². The van der Waals surface area contributed by atoms with E-state index in [1.165, 1.54) is 11.3 Å². The molecule has 5 heterocycles. The molecule has 0 amide bonds. The average molecular weight is 326 g/mol. The van der Waals surface area contributed by atoms with Crippen molar-refractivity contribution in [2.24, 2.45) is 17.8 Å². The first-order valence-corrected chi connectivity index (χ1v) is 9.57. The van der Waals surface area contributed by atoms with Crippen LogP contribution in [0.5, 0.6) is 0 Å². The van der Waals surface area contributed by atoms with E-state index in [1.54, 1.807) is 0 Å². The van der Waals surface area contributed by atoms with E-state index in [9.17, 15) is 10.2 Å². The molecule has 0 radical (unpaired) electrons. The Morgan fingerprint density at radius 1 is 1.21 bits per heavy atom. The number of fused-ring (bicyclic) bond motifs is 2. The van der Waals surface area contributed by atoms with E-state index in [-0.39, 0.29) is 17.7 Å². The average Bonchev–Trinajstić information content (AvgIpc) is 2.97. The molecule has 3 unspecified atom stereocenters. The summed E-state index contributed by atoms with van der Waals surface area (Å²) in [5.41, 5.74) is 2.51. The summed E-state index contributed by atoms with van der Waals surface area (Å²) >= 11 is 0. The predicted octanol–water partition coefficient (Wildman–Crippen LogP) is 1.55. The highest BCUT2D eigenvalue weighted by atomic mass is 16.3. The van der Waals surface area contributed by atoms with Gasteiger partial charge < -0.3 is 15.1 Å². The predicted molar refractivity (Wildman–Crippen MR) is 91.7 cm³/mol. The number of aliphatic hydroxyl groups is 2. The molecule has 4 saturated heterocycles. The standard InChI is InChI=1S/C20H26N2O2/c1-3-10-11-8-14-17-20(12-6-4-5-7-13(12)21(17)2)9-15(16(11)18(20)23)22(14)19(10)24/h4-7,10-11,14-19,23-24H,3,8-9H2,1-2H3/t10-,11-,14?,15-,16+,17-,18?,19+,20+/m0/s1. The van der Waals surface area contributed by atoms with Gasteiger partial charge in [-0.3, -0.25) is 4.90 Å². The van der Waals surface area contributed by atoms with Gasteiger partial charge in [-0.05, 0) is 36.8 Å². The van der Waals surface area contributed by atoms with Crippen LogP contribution in [0, 0.1) is 17.8 Å². The fourth-order valence-electron chi connectivity index (χ4n) is 7.88. The second-order valence-electron chi connectivity index (χ2n) is 8.81. The number of anilines is 1. The molecule has 1 aliphatic carbocycles. The molecular formula is C20H26N2O2. The van der Waals surface area contributed by atoms with Gasteiger partial charge in [0.25, 0.3) is 0 Å². The molecule has 1 aromatic rings. The number of hydrogen-bond donors (Lipinski definition) is 2.